The van der Waals surface area contributed by atoms with Gasteiger partial charge >= 0.3 is 31.6 Å². The van der Waals surface area contributed by atoms with Gasteiger partial charge in [0.1, 0.15) is 0 Å². The Morgan fingerprint density at radius 3 is 1.00 bits per heavy atom. The van der Waals surface area contributed by atoms with Crippen LogP contribution in [0, 0.1) is 0 Å². The first-order chi connectivity index (χ1) is 1.73. The summed E-state index contributed by atoms with van der Waals surface area (Å²) < 4.78 is 0. The molecule has 0 amide bonds. The number of hydrogen-bond acceptors (Lipinski definition) is 1. The quantitative estimate of drug-likeness (QED) is 0.499. The molecule has 0 aliphatic heterocycles. The Hall–Kier alpha value is 0.503. The second-order valence-corrected chi connectivity index (χ2v) is 9.00. The van der Waals surface area contributed by atoms with Crippen molar-refractivity contribution in [3.63, 3.8) is 0 Å². The van der Waals surface area contributed by atoms with Crippen LogP contribution in [0.4, 0.5) is 0 Å². The molecule has 0 aliphatic carbocycles. The Kier molecular flexibility index (Phi) is 8.19. The minimum atomic E-state index is -0.479. The van der Waals surface area contributed by atoms with E-state index in [1.54, 1.807) is 0 Å². The van der Waals surface area contributed by atoms with Crippen molar-refractivity contribution in [1.82, 2.24) is 6.15 Å². The van der Waals surface area contributed by atoms with Gasteiger partial charge in [-0.15, -0.1) is 0 Å². The maximum absolute atomic E-state index is 2.35. The summed E-state index contributed by atoms with van der Waals surface area (Å²) in [7, 11) is 0. The third-order valence-corrected chi connectivity index (χ3v) is 0. The number of hydrogen-bond donors (Lipinski definition) is 1. The van der Waals surface area contributed by atoms with Crippen molar-refractivity contribution < 1.29 is 0 Å². The molecule has 0 saturated heterocycles. The molecule has 1 nitrogen and oxygen atoms in total. The van der Waals surface area contributed by atoms with E-state index < -0.39 is 14.3 Å². The van der Waals surface area contributed by atoms with E-state index in [0.29, 0.717) is 0 Å². The van der Waals surface area contributed by atoms with Crippen LogP contribution in [0.1, 0.15) is 0 Å². The second-order valence-electron chi connectivity index (χ2n) is 1.73. The normalized spacial score (nSPS) is 7.20. The molecule has 2 heteroatoms. The van der Waals surface area contributed by atoms with E-state index in [1.807, 2.05) is 0 Å². The molecule has 0 heterocycles. The molecule has 34 valence electrons. The monoisotopic (exact) mass is 137 g/mol. The van der Waals surface area contributed by atoms with E-state index in [4.69, 9.17) is 0 Å². The molecule has 0 bridgehead atoms. The molecule has 0 aromatic heterocycles. The first kappa shape index (κ1) is 9.09. The molecule has 3 N–H and O–H groups in total. The summed E-state index contributed by atoms with van der Waals surface area (Å²) in [4.78, 5) is 0. The van der Waals surface area contributed by atoms with Crippen LogP contribution in [0.25, 0.3) is 0 Å². The van der Waals surface area contributed by atoms with Crippen molar-refractivity contribution in [2.24, 2.45) is 0 Å². The molecule has 0 radical (unpaired) electrons. The van der Waals surface area contributed by atoms with Gasteiger partial charge in [-0.05, 0) is 0 Å². The Balaban J connectivity index is 0. The Bertz CT molecular complexity index is 11.6. The predicted octanol–water partition coefficient (Wildman–Crippen LogP) is 1.26. The summed E-state index contributed by atoms with van der Waals surface area (Å²) in [6.45, 7) is 0. The Morgan fingerprint density at radius 1 is 1.00 bits per heavy atom. The van der Waals surface area contributed by atoms with Crippen LogP contribution in [0.5, 0.6) is 0 Å². The van der Waals surface area contributed by atoms with Crippen LogP contribution in [-0.4, -0.2) is 14.3 Å². The zero-order valence-electron chi connectivity index (χ0n) is 4.28. The zero-order chi connectivity index (χ0) is 3.58. The molecule has 0 aromatic rings. The van der Waals surface area contributed by atoms with Crippen LogP contribution >= 0.6 is 0 Å². The van der Waals surface area contributed by atoms with Crippen LogP contribution in [0.3, 0.4) is 0 Å². The first-order valence-electron chi connectivity index (χ1n) is 1.73. The molecule has 0 unspecified atom stereocenters. The van der Waals surface area contributed by atoms with Crippen molar-refractivity contribution in [2.45, 2.75) is 17.3 Å². The predicted molar refractivity (Wildman–Crippen MR) is 29.8 cm³/mol. The van der Waals surface area contributed by atoms with Crippen molar-refractivity contribution in [1.29, 1.82) is 0 Å². The number of rotatable bonds is 0. The fourth-order valence-corrected chi connectivity index (χ4v) is 0. The Labute approximate surface area is 38.5 Å². The molecule has 5 heavy (non-hydrogen) atoms. The average Bonchev–Trinajstić information content (AvgIpc) is 0.811. The van der Waals surface area contributed by atoms with E-state index in [2.05, 4.69) is 17.3 Å². The fourth-order valence-electron chi connectivity index (χ4n) is 0. The summed E-state index contributed by atoms with van der Waals surface area (Å²) in [5.41, 5.74) is 0. The van der Waals surface area contributed by atoms with Gasteiger partial charge in [0.25, 0.3) is 0 Å². The van der Waals surface area contributed by atoms with Crippen molar-refractivity contribution in [2.75, 3.05) is 0 Å². The molecular weight excluding hydrogens is 123 g/mol. The molecule has 0 fully saturated rings. The Morgan fingerprint density at radius 2 is 1.00 bits per heavy atom. The van der Waals surface area contributed by atoms with Gasteiger partial charge in [-0.2, -0.15) is 0 Å². The van der Waals surface area contributed by atoms with Gasteiger partial charge in [0.2, 0.25) is 0 Å². The average molecular weight is 136 g/mol. The second kappa shape index (κ2) is 4.50. The summed E-state index contributed by atoms with van der Waals surface area (Å²) in [6, 6.07) is 0. The molecule has 0 saturated carbocycles. The van der Waals surface area contributed by atoms with Gasteiger partial charge in [0.15, 0.2) is 0 Å². The van der Waals surface area contributed by atoms with Crippen LogP contribution in [0.15, 0.2) is 0 Å². The standard InChI is InChI=1S/C3H10Ge.H3N/c1-4(2)3;/h4H,1-3H3;1H3. The zero-order valence-corrected chi connectivity index (χ0v) is 6.71. The van der Waals surface area contributed by atoms with Crippen molar-refractivity contribution in [3.8, 4) is 0 Å². The minimum absolute atomic E-state index is 0. The van der Waals surface area contributed by atoms with Gasteiger partial charge in [-0.1, -0.05) is 0 Å². The molecule has 0 rings (SSSR count). The summed E-state index contributed by atoms with van der Waals surface area (Å²) in [5.74, 6) is 7.06. The molecule has 0 aromatic carbocycles. The van der Waals surface area contributed by atoms with E-state index in [0.717, 1.165) is 0 Å². The van der Waals surface area contributed by atoms with E-state index >= 15 is 0 Å². The molecule has 0 aliphatic rings. The fraction of sp³-hybridized carbons (Fsp3) is 1.00. The molecule has 0 spiro atoms. The molecular formula is C3H13GeN. The summed E-state index contributed by atoms with van der Waals surface area (Å²) in [6.07, 6.45) is 0. The maximum atomic E-state index is 2.35. The van der Waals surface area contributed by atoms with Crippen molar-refractivity contribution in [3.05, 3.63) is 0 Å². The van der Waals surface area contributed by atoms with Crippen molar-refractivity contribution >= 4 is 14.3 Å². The van der Waals surface area contributed by atoms with Gasteiger partial charge in [-0.25, -0.2) is 0 Å². The topological polar surface area (TPSA) is 35.0 Å². The van der Waals surface area contributed by atoms with Gasteiger partial charge < -0.3 is 6.15 Å². The van der Waals surface area contributed by atoms with Gasteiger partial charge in [0.05, 0.1) is 0 Å². The van der Waals surface area contributed by atoms with Crippen LogP contribution in [-0.2, 0) is 0 Å². The van der Waals surface area contributed by atoms with Gasteiger partial charge in [-0.3, -0.25) is 0 Å². The first-order valence-corrected chi connectivity index (χ1v) is 9.00. The molecule has 0 atom stereocenters. The van der Waals surface area contributed by atoms with E-state index in [1.165, 1.54) is 0 Å². The summed E-state index contributed by atoms with van der Waals surface area (Å²) in [5, 5.41) is 0. The van der Waals surface area contributed by atoms with Crippen LogP contribution < -0.4 is 6.15 Å². The SMILES string of the molecule is N.[CH3][GeH]([CH3])[CH3]. The van der Waals surface area contributed by atoms with E-state index in [-0.39, 0.29) is 6.15 Å². The van der Waals surface area contributed by atoms with E-state index in [9.17, 15) is 0 Å². The van der Waals surface area contributed by atoms with Gasteiger partial charge in [0, 0.05) is 0 Å². The summed E-state index contributed by atoms with van der Waals surface area (Å²) >= 11 is -0.479. The third-order valence-electron chi connectivity index (χ3n) is 0. The third kappa shape index (κ3) is 112. The van der Waals surface area contributed by atoms with Crippen LogP contribution in [0.2, 0.25) is 17.3 Å².